The minimum absolute atomic E-state index is 0.0666. The highest BCUT2D eigenvalue weighted by Gasteiger charge is 2.32. The van der Waals surface area contributed by atoms with Gasteiger partial charge in [-0.1, -0.05) is 11.6 Å². The van der Waals surface area contributed by atoms with Gasteiger partial charge in [-0.15, -0.1) is 0 Å². The number of halogens is 1. The first-order valence-corrected chi connectivity index (χ1v) is 8.50. The fourth-order valence-electron chi connectivity index (χ4n) is 2.60. The van der Waals surface area contributed by atoms with Crippen molar-refractivity contribution >= 4 is 21.6 Å². The quantitative estimate of drug-likeness (QED) is 0.936. The van der Waals surface area contributed by atoms with E-state index in [1.54, 1.807) is 6.20 Å². The monoisotopic (exact) mass is 326 g/mol. The molecular weight excluding hydrogens is 312 g/mol. The fraction of sp³-hybridized carbons (Fsp3) is 0.385. The van der Waals surface area contributed by atoms with Crippen molar-refractivity contribution in [2.75, 3.05) is 13.1 Å². The maximum atomic E-state index is 12.7. The van der Waals surface area contributed by atoms with E-state index in [9.17, 15) is 8.42 Å². The van der Waals surface area contributed by atoms with Crippen molar-refractivity contribution in [2.45, 2.75) is 23.7 Å². The van der Waals surface area contributed by atoms with Gasteiger partial charge in [0.25, 0.3) is 0 Å². The molecule has 1 N–H and O–H groups in total. The van der Waals surface area contributed by atoms with Crippen LogP contribution < -0.4 is 0 Å². The van der Waals surface area contributed by atoms with Gasteiger partial charge in [0.2, 0.25) is 10.0 Å². The third kappa shape index (κ3) is 2.81. The molecule has 2 aromatic heterocycles. The van der Waals surface area contributed by atoms with E-state index < -0.39 is 10.0 Å². The summed E-state index contributed by atoms with van der Waals surface area (Å²) in [6.45, 7) is 0.925. The molecule has 0 aromatic carbocycles. The van der Waals surface area contributed by atoms with Gasteiger partial charge in [0, 0.05) is 43.3 Å². The van der Waals surface area contributed by atoms with Crippen LogP contribution in [0.2, 0.25) is 5.02 Å². The molecule has 1 fully saturated rings. The number of hydrogen-bond acceptors (Lipinski definition) is 4. The lowest BCUT2D eigenvalue weighted by Crippen LogP contribution is -2.39. The van der Waals surface area contributed by atoms with Crippen molar-refractivity contribution in [1.82, 2.24) is 19.5 Å². The van der Waals surface area contributed by atoms with Crippen LogP contribution in [0.25, 0.3) is 0 Å². The summed E-state index contributed by atoms with van der Waals surface area (Å²) in [4.78, 5) is 3.94. The summed E-state index contributed by atoms with van der Waals surface area (Å²) in [5.74, 6) is 0.131. The van der Waals surface area contributed by atoms with Gasteiger partial charge in [-0.25, -0.2) is 8.42 Å². The summed E-state index contributed by atoms with van der Waals surface area (Å²) in [7, 11) is -3.61. The lowest BCUT2D eigenvalue weighted by atomic mass is 9.96. The second-order valence-electron chi connectivity index (χ2n) is 5.02. The molecule has 0 saturated carbocycles. The first-order valence-electron chi connectivity index (χ1n) is 6.68. The van der Waals surface area contributed by atoms with Crippen LogP contribution in [0, 0.1) is 0 Å². The van der Waals surface area contributed by atoms with Crippen molar-refractivity contribution in [3.8, 4) is 0 Å². The Balaban J connectivity index is 1.88. The highest BCUT2D eigenvalue weighted by molar-refractivity contribution is 7.89. The zero-order valence-electron chi connectivity index (χ0n) is 11.2. The van der Waals surface area contributed by atoms with Gasteiger partial charge in [0.05, 0.1) is 5.02 Å². The molecule has 3 rings (SSSR count). The number of aromatic amines is 1. The van der Waals surface area contributed by atoms with Crippen molar-refractivity contribution in [1.29, 1.82) is 0 Å². The second kappa shape index (κ2) is 5.75. The smallest absolute Gasteiger partial charge is 0.246 e. The second-order valence-corrected chi connectivity index (χ2v) is 7.33. The van der Waals surface area contributed by atoms with E-state index >= 15 is 0 Å². The van der Waals surface area contributed by atoms with Crippen LogP contribution in [0.5, 0.6) is 0 Å². The Labute approximate surface area is 128 Å². The molecule has 1 saturated heterocycles. The highest BCUT2D eigenvalue weighted by Crippen LogP contribution is 2.31. The molecule has 21 heavy (non-hydrogen) atoms. The standard InChI is InChI=1S/C13H15ClN4O2S/c14-11-3-5-15-8-13(11)21(19,20)18-7-1-2-10(9-18)12-4-6-16-17-12/h3-6,8,10H,1-2,7,9H2,(H,16,17). The molecule has 2 aromatic rings. The third-order valence-electron chi connectivity index (χ3n) is 3.70. The van der Waals surface area contributed by atoms with Gasteiger partial charge in [-0.2, -0.15) is 9.40 Å². The molecule has 0 bridgehead atoms. The lowest BCUT2D eigenvalue weighted by molar-refractivity contribution is 0.312. The van der Waals surface area contributed by atoms with Gasteiger partial charge in [0.1, 0.15) is 4.90 Å². The Hall–Kier alpha value is -1.44. The summed E-state index contributed by atoms with van der Waals surface area (Å²) < 4.78 is 26.9. The van der Waals surface area contributed by atoms with Crippen LogP contribution in [-0.4, -0.2) is 41.0 Å². The van der Waals surface area contributed by atoms with Gasteiger partial charge in [-0.05, 0) is 25.0 Å². The van der Waals surface area contributed by atoms with Crippen molar-refractivity contribution in [2.24, 2.45) is 0 Å². The number of H-pyrrole nitrogens is 1. The normalized spacial score (nSPS) is 20.5. The number of nitrogens with one attached hydrogen (secondary N) is 1. The van der Waals surface area contributed by atoms with Gasteiger partial charge >= 0.3 is 0 Å². The molecular formula is C13H15ClN4O2S. The highest BCUT2D eigenvalue weighted by atomic mass is 35.5. The predicted octanol–water partition coefficient (Wildman–Crippen LogP) is 2.03. The molecule has 1 aliphatic rings. The Morgan fingerprint density at radius 3 is 2.90 bits per heavy atom. The average Bonchev–Trinajstić information content (AvgIpc) is 3.02. The summed E-state index contributed by atoms with van der Waals surface area (Å²) in [6, 6.07) is 3.38. The minimum atomic E-state index is -3.61. The number of rotatable bonds is 3. The number of sulfonamides is 1. The zero-order chi connectivity index (χ0) is 14.9. The first kappa shape index (κ1) is 14.5. The van der Waals surface area contributed by atoms with Crippen molar-refractivity contribution in [3.63, 3.8) is 0 Å². The fourth-order valence-corrected chi connectivity index (χ4v) is 4.53. The summed E-state index contributed by atoms with van der Waals surface area (Å²) in [6.07, 6.45) is 6.21. The average molecular weight is 327 g/mol. The summed E-state index contributed by atoms with van der Waals surface area (Å²) >= 11 is 6.00. The molecule has 1 aliphatic heterocycles. The largest absolute Gasteiger partial charge is 0.282 e. The Morgan fingerprint density at radius 2 is 2.19 bits per heavy atom. The van der Waals surface area contributed by atoms with E-state index in [1.807, 2.05) is 6.07 Å². The van der Waals surface area contributed by atoms with E-state index in [1.165, 1.54) is 22.8 Å². The van der Waals surface area contributed by atoms with E-state index in [-0.39, 0.29) is 15.8 Å². The Bertz CT molecular complexity index is 718. The Kier molecular flexibility index (Phi) is 3.97. The first-order chi connectivity index (χ1) is 10.1. The van der Waals surface area contributed by atoms with Gasteiger partial charge < -0.3 is 0 Å². The molecule has 0 spiro atoms. The van der Waals surface area contributed by atoms with Crippen LogP contribution in [-0.2, 0) is 10.0 Å². The van der Waals surface area contributed by atoms with Crippen LogP contribution in [0.1, 0.15) is 24.5 Å². The van der Waals surface area contributed by atoms with Crippen molar-refractivity contribution < 1.29 is 8.42 Å². The maximum Gasteiger partial charge on any atom is 0.246 e. The minimum Gasteiger partial charge on any atom is -0.282 e. The van der Waals surface area contributed by atoms with E-state index in [4.69, 9.17) is 11.6 Å². The molecule has 0 aliphatic carbocycles. The van der Waals surface area contributed by atoms with Crippen LogP contribution in [0.15, 0.2) is 35.6 Å². The number of piperidine rings is 1. The van der Waals surface area contributed by atoms with E-state index in [2.05, 4.69) is 15.2 Å². The number of hydrogen-bond donors (Lipinski definition) is 1. The molecule has 0 radical (unpaired) electrons. The number of pyridine rings is 1. The van der Waals surface area contributed by atoms with Crippen molar-refractivity contribution in [3.05, 3.63) is 41.4 Å². The molecule has 1 atom stereocenters. The SMILES string of the molecule is O=S(=O)(c1cnccc1Cl)N1CCCC(c2ccn[nH]2)C1. The van der Waals surface area contributed by atoms with Crippen LogP contribution in [0.3, 0.4) is 0 Å². The van der Waals surface area contributed by atoms with Gasteiger partial charge in [0.15, 0.2) is 0 Å². The predicted molar refractivity (Wildman–Crippen MR) is 78.6 cm³/mol. The molecule has 3 heterocycles. The molecule has 1 unspecified atom stereocenters. The molecule has 6 nitrogen and oxygen atoms in total. The van der Waals surface area contributed by atoms with Crippen LogP contribution >= 0.6 is 11.6 Å². The topological polar surface area (TPSA) is 79.0 Å². The molecule has 0 amide bonds. The summed E-state index contributed by atoms with van der Waals surface area (Å²) in [5.41, 5.74) is 0.965. The maximum absolute atomic E-state index is 12.7. The number of aromatic nitrogens is 3. The van der Waals surface area contributed by atoms with Crippen LogP contribution in [0.4, 0.5) is 0 Å². The third-order valence-corrected chi connectivity index (χ3v) is 6.03. The molecule has 112 valence electrons. The molecule has 8 heteroatoms. The number of nitrogens with zero attached hydrogens (tertiary/aromatic N) is 3. The zero-order valence-corrected chi connectivity index (χ0v) is 12.8. The van der Waals surface area contributed by atoms with E-state index in [0.717, 1.165) is 18.5 Å². The summed E-state index contributed by atoms with van der Waals surface area (Å²) in [5, 5.41) is 7.06. The van der Waals surface area contributed by atoms with Gasteiger partial charge in [-0.3, -0.25) is 10.1 Å². The van der Waals surface area contributed by atoms with E-state index in [0.29, 0.717) is 13.1 Å². The Morgan fingerprint density at radius 1 is 1.33 bits per heavy atom. The lowest BCUT2D eigenvalue weighted by Gasteiger charge is -2.31.